The third-order valence-electron chi connectivity index (χ3n) is 4.18. The molecule has 0 saturated carbocycles. The maximum atomic E-state index is 5.96. The van der Waals surface area contributed by atoms with Crippen molar-refractivity contribution in [3.63, 3.8) is 0 Å². The first-order valence-corrected chi connectivity index (χ1v) is 11.1. The summed E-state index contributed by atoms with van der Waals surface area (Å²) in [6, 6.07) is 9.98. The number of nitrogens with one attached hydrogen (secondary N) is 2. The minimum Gasteiger partial charge on any atom is -0.370 e. The van der Waals surface area contributed by atoms with Crippen LogP contribution in [0.2, 0.25) is 9.36 Å². The largest absolute Gasteiger partial charge is 0.370 e. The van der Waals surface area contributed by atoms with Gasteiger partial charge in [-0.05, 0) is 49.4 Å². The summed E-state index contributed by atoms with van der Waals surface area (Å²) < 4.78 is 4.97. The van der Waals surface area contributed by atoms with Crippen molar-refractivity contribution in [2.24, 2.45) is 0 Å². The summed E-state index contributed by atoms with van der Waals surface area (Å²) in [5.74, 6) is 0.994. The number of nitrogen functional groups attached to an aromatic ring is 1. The van der Waals surface area contributed by atoms with Gasteiger partial charge in [0.1, 0.15) is 10.2 Å². The molecule has 0 fully saturated rings. The Morgan fingerprint density at radius 3 is 2.71 bits per heavy atom. The molecule has 3 aromatic rings. The molecule has 0 aliphatic carbocycles. The molecule has 1 aromatic carbocycles. The number of hydrogen-bond acceptors (Lipinski definition) is 7. The van der Waals surface area contributed by atoms with E-state index in [2.05, 4.69) is 46.0 Å². The zero-order valence-electron chi connectivity index (χ0n) is 15.6. The van der Waals surface area contributed by atoms with E-state index >= 15 is 0 Å². The topological polar surface area (TPSA) is 75.9 Å². The van der Waals surface area contributed by atoms with Gasteiger partial charge in [-0.2, -0.15) is 4.98 Å². The Labute approximate surface area is 183 Å². The minimum absolute atomic E-state index is 0.265. The molecule has 0 aliphatic rings. The monoisotopic (exact) mass is 453 g/mol. The average molecular weight is 454 g/mol. The highest BCUT2D eigenvalue weighted by molar-refractivity contribution is 7.99. The number of aromatic nitrogens is 2. The molecule has 148 valence electrons. The average Bonchev–Trinajstić information content (AvgIpc) is 2.97. The van der Waals surface area contributed by atoms with Crippen LogP contribution in [0.5, 0.6) is 0 Å². The molecule has 2 heterocycles. The van der Waals surface area contributed by atoms with Crippen LogP contribution in [0.1, 0.15) is 17.5 Å². The summed E-state index contributed by atoms with van der Waals surface area (Å²) in [7, 11) is 0. The molecule has 0 radical (unpaired) electrons. The Kier molecular flexibility index (Phi) is 7.42. The van der Waals surface area contributed by atoms with Crippen molar-refractivity contribution in [1.82, 2.24) is 14.7 Å². The molecule has 5 nitrogen and oxygen atoms in total. The molecule has 4 N–H and O–H groups in total. The normalized spacial score (nSPS) is 11.0. The van der Waals surface area contributed by atoms with Gasteiger partial charge in [0.05, 0.1) is 14.9 Å². The number of benzene rings is 1. The Bertz CT molecular complexity index is 942. The van der Waals surface area contributed by atoms with Crippen LogP contribution in [0.15, 0.2) is 34.5 Å². The van der Waals surface area contributed by atoms with Crippen molar-refractivity contribution < 1.29 is 0 Å². The molecule has 0 aliphatic heterocycles. The van der Waals surface area contributed by atoms with Crippen LogP contribution >= 0.6 is 46.5 Å². The summed E-state index contributed by atoms with van der Waals surface area (Å²) in [5, 5.41) is 3.92. The van der Waals surface area contributed by atoms with Crippen LogP contribution in [0.25, 0.3) is 11.3 Å². The Morgan fingerprint density at radius 1 is 1.14 bits per heavy atom. The van der Waals surface area contributed by atoms with Gasteiger partial charge in [-0.3, -0.25) is 4.72 Å². The summed E-state index contributed by atoms with van der Waals surface area (Å²) in [6.45, 7) is 5.77. The lowest BCUT2D eigenvalue weighted by Gasteiger charge is -2.11. The molecular formula is C19H21Cl2N5S2. The second-order valence-electron chi connectivity index (χ2n) is 6.21. The van der Waals surface area contributed by atoms with Gasteiger partial charge >= 0.3 is 0 Å². The zero-order valence-corrected chi connectivity index (χ0v) is 18.7. The summed E-state index contributed by atoms with van der Waals surface area (Å²) in [4.78, 5) is 8.69. The van der Waals surface area contributed by atoms with E-state index < -0.39 is 0 Å². The van der Waals surface area contributed by atoms with Gasteiger partial charge in [0.15, 0.2) is 0 Å². The predicted molar refractivity (Wildman–Crippen MR) is 123 cm³/mol. The molecule has 0 spiro atoms. The van der Waals surface area contributed by atoms with Gasteiger partial charge in [-0.1, -0.05) is 41.4 Å². The molecule has 2 aromatic heterocycles. The van der Waals surface area contributed by atoms with Crippen LogP contribution in [0.4, 0.5) is 11.8 Å². The minimum atomic E-state index is 0.265. The van der Waals surface area contributed by atoms with E-state index in [4.69, 9.17) is 28.9 Å². The van der Waals surface area contributed by atoms with Gasteiger partial charge in [0.25, 0.3) is 0 Å². The highest BCUT2D eigenvalue weighted by atomic mass is 35.5. The maximum absolute atomic E-state index is 5.96. The molecule has 9 heteroatoms. The van der Waals surface area contributed by atoms with E-state index in [9.17, 15) is 0 Å². The van der Waals surface area contributed by atoms with Gasteiger partial charge in [0.2, 0.25) is 5.95 Å². The first-order chi connectivity index (χ1) is 13.4. The first kappa shape index (κ1) is 21.2. The van der Waals surface area contributed by atoms with Gasteiger partial charge in [-0.25, -0.2) is 4.98 Å². The predicted octanol–water partition coefficient (Wildman–Crippen LogP) is 5.81. The standard InChI is InChI=1S/C19H21Cl2N5S2/c1-11-5-3-6-13(12(11)2)15-10-16(26-19(22)25-15)23-7-4-8-24-28-17-9-14(20)18(21)27-17/h3,5-6,9-10,24H,4,7-8H2,1-2H3,(H3,22,23,25,26). The van der Waals surface area contributed by atoms with E-state index in [0.29, 0.717) is 9.36 Å². The number of anilines is 2. The number of thiophene rings is 1. The second-order valence-corrected chi connectivity index (χ2v) is 9.46. The summed E-state index contributed by atoms with van der Waals surface area (Å²) in [6.07, 6.45) is 0.919. The molecule has 0 bridgehead atoms. The van der Waals surface area contributed by atoms with E-state index in [-0.39, 0.29) is 5.95 Å². The molecule has 0 atom stereocenters. The van der Waals surface area contributed by atoms with E-state index in [1.807, 2.05) is 18.2 Å². The van der Waals surface area contributed by atoms with Crippen molar-refractivity contribution in [3.05, 3.63) is 50.8 Å². The van der Waals surface area contributed by atoms with Crippen LogP contribution in [-0.4, -0.2) is 23.1 Å². The number of nitrogens with two attached hydrogens (primary N) is 1. The number of rotatable bonds is 8. The first-order valence-electron chi connectivity index (χ1n) is 8.73. The quantitative estimate of drug-likeness (QED) is 0.295. The summed E-state index contributed by atoms with van der Waals surface area (Å²) in [5.41, 5.74) is 10.2. The van der Waals surface area contributed by atoms with Gasteiger partial charge in [0, 0.05) is 24.7 Å². The van der Waals surface area contributed by atoms with E-state index in [1.54, 1.807) is 0 Å². The smallest absolute Gasteiger partial charge is 0.222 e. The number of halogens is 2. The number of aryl methyl sites for hydroxylation is 1. The molecule has 0 amide bonds. The lowest BCUT2D eigenvalue weighted by Crippen LogP contribution is -2.12. The highest BCUT2D eigenvalue weighted by Gasteiger charge is 2.09. The molecule has 28 heavy (non-hydrogen) atoms. The summed E-state index contributed by atoms with van der Waals surface area (Å²) >= 11 is 14.9. The van der Waals surface area contributed by atoms with E-state index in [1.165, 1.54) is 34.4 Å². The fourth-order valence-corrected chi connectivity index (χ4v) is 5.06. The number of nitrogens with zero attached hydrogens (tertiary/aromatic N) is 2. The fraction of sp³-hybridized carbons (Fsp3) is 0.263. The SMILES string of the molecule is Cc1cccc(-c2cc(NCCCNSc3cc(Cl)c(Cl)s3)nc(N)n2)c1C. The van der Waals surface area contributed by atoms with Crippen molar-refractivity contribution in [2.75, 3.05) is 24.1 Å². The van der Waals surface area contributed by atoms with Gasteiger partial charge in [-0.15, -0.1) is 11.3 Å². The van der Waals surface area contributed by atoms with Crippen molar-refractivity contribution in [1.29, 1.82) is 0 Å². The lowest BCUT2D eigenvalue weighted by atomic mass is 10.0. The Morgan fingerprint density at radius 2 is 1.96 bits per heavy atom. The fourth-order valence-electron chi connectivity index (χ4n) is 2.60. The molecular weight excluding hydrogens is 433 g/mol. The molecule has 0 saturated heterocycles. The third-order valence-corrected chi connectivity index (χ3v) is 7.01. The molecule has 0 unspecified atom stereocenters. The van der Waals surface area contributed by atoms with Crippen molar-refractivity contribution in [3.8, 4) is 11.3 Å². The Hall–Kier alpha value is -1.51. The van der Waals surface area contributed by atoms with Crippen molar-refractivity contribution >= 4 is 58.3 Å². The van der Waals surface area contributed by atoms with Crippen LogP contribution in [-0.2, 0) is 0 Å². The van der Waals surface area contributed by atoms with Crippen LogP contribution in [0.3, 0.4) is 0 Å². The van der Waals surface area contributed by atoms with Crippen LogP contribution in [0, 0.1) is 13.8 Å². The lowest BCUT2D eigenvalue weighted by molar-refractivity contribution is 0.830. The van der Waals surface area contributed by atoms with E-state index in [0.717, 1.165) is 40.8 Å². The zero-order chi connectivity index (χ0) is 20.1. The van der Waals surface area contributed by atoms with Gasteiger partial charge < -0.3 is 11.1 Å². The third kappa shape index (κ3) is 5.52. The number of hydrogen-bond donors (Lipinski definition) is 3. The second kappa shape index (κ2) is 9.80. The highest BCUT2D eigenvalue weighted by Crippen LogP contribution is 2.36. The molecule has 3 rings (SSSR count). The Balaban J connectivity index is 1.52. The van der Waals surface area contributed by atoms with Crippen LogP contribution < -0.4 is 15.8 Å². The maximum Gasteiger partial charge on any atom is 0.222 e. The van der Waals surface area contributed by atoms with Crippen molar-refractivity contribution in [2.45, 2.75) is 24.5 Å².